The fourth-order valence-electron chi connectivity index (χ4n) is 2.08. The summed E-state index contributed by atoms with van der Waals surface area (Å²) in [5, 5.41) is 5.80. The van der Waals surface area contributed by atoms with Gasteiger partial charge >= 0.3 is 6.09 Å². The van der Waals surface area contributed by atoms with Crippen molar-refractivity contribution in [3.05, 3.63) is 29.6 Å². The molecule has 0 saturated carbocycles. The number of carbonyl (C=O) groups excluding carboxylic acids is 1. The zero-order chi connectivity index (χ0) is 22.1. The molecule has 0 aliphatic heterocycles. The number of carbonyl (C=O) groups is 1. The van der Waals surface area contributed by atoms with Crippen LogP contribution in [0.5, 0.6) is 0 Å². The number of nitrogens with two attached hydrogens (primary N) is 1. The third-order valence-corrected chi connectivity index (χ3v) is 12.2. The van der Waals surface area contributed by atoms with E-state index in [-0.39, 0.29) is 16.5 Å². The largest absolute Gasteiger partial charge is 0.444 e. The first kappa shape index (κ1) is 24.6. The Morgan fingerprint density at radius 3 is 2.21 bits per heavy atom. The highest BCUT2D eigenvalue weighted by Crippen LogP contribution is 2.38. The lowest BCUT2D eigenvalue weighted by molar-refractivity contribution is 0.0285. The molecule has 0 heterocycles. The molecular weight excluding hydrogens is 397 g/mol. The van der Waals surface area contributed by atoms with Gasteiger partial charge in [-0.2, -0.15) is 0 Å². The van der Waals surface area contributed by atoms with E-state index in [0.29, 0.717) is 5.56 Å². The maximum Gasteiger partial charge on any atom is 0.410 e. The van der Waals surface area contributed by atoms with E-state index in [2.05, 4.69) is 4.03 Å². The fourth-order valence-corrected chi connectivity index (χ4v) is 6.89. The van der Waals surface area contributed by atoms with Crippen molar-refractivity contribution in [1.82, 2.24) is 4.90 Å². The first-order valence-electron chi connectivity index (χ1n) is 9.14. The van der Waals surface area contributed by atoms with Crippen molar-refractivity contribution < 1.29 is 18.1 Å². The summed E-state index contributed by atoms with van der Waals surface area (Å²) in [6, 6.07) is 4.24. The summed E-state index contributed by atoms with van der Waals surface area (Å²) >= 11 is 0. The van der Waals surface area contributed by atoms with Gasteiger partial charge < -0.3 is 9.64 Å². The molecule has 1 rings (SSSR count). The predicted octanol–water partition coefficient (Wildman–Crippen LogP) is 4.90. The molecule has 9 heteroatoms. The lowest BCUT2D eigenvalue weighted by atomic mass is 10.2. The molecule has 6 nitrogen and oxygen atoms in total. The zero-order valence-electron chi connectivity index (χ0n) is 18.4. The third-order valence-electron chi connectivity index (χ3n) is 4.64. The summed E-state index contributed by atoms with van der Waals surface area (Å²) in [5.74, 6) is -0.690. The fraction of sp³-hybridized carbons (Fsp3) is 0.632. The highest BCUT2D eigenvalue weighted by atomic mass is 32.2. The molecule has 1 aromatic rings. The van der Waals surface area contributed by atoms with Gasteiger partial charge in [-0.3, -0.25) is 4.03 Å². The number of ether oxygens (including phenoxy) is 1. The molecule has 1 aromatic carbocycles. The third kappa shape index (κ3) is 6.56. The van der Waals surface area contributed by atoms with Gasteiger partial charge in [-0.15, -0.1) is 0 Å². The Bertz CT molecular complexity index is 851. The second-order valence-electron chi connectivity index (χ2n) is 9.57. The van der Waals surface area contributed by atoms with Gasteiger partial charge in [0.15, 0.2) is 8.24 Å². The number of amides is 1. The minimum absolute atomic E-state index is 0.110. The van der Waals surface area contributed by atoms with Crippen LogP contribution in [0.3, 0.4) is 0 Å². The number of hydrogen-bond donors (Lipinski definition) is 1. The molecule has 0 aromatic heterocycles. The summed E-state index contributed by atoms with van der Waals surface area (Å²) in [7, 11) is -4.13. The van der Waals surface area contributed by atoms with E-state index in [0.717, 1.165) is 0 Å². The molecule has 0 spiro atoms. The Hall–Kier alpha value is -1.45. The summed E-state index contributed by atoms with van der Waals surface area (Å²) < 4.78 is 37.4. The van der Waals surface area contributed by atoms with Gasteiger partial charge in [0.2, 0.25) is 0 Å². The summed E-state index contributed by atoms with van der Waals surface area (Å²) in [6.45, 7) is 15.4. The van der Waals surface area contributed by atoms with Crippen LogP contribution < -0.4 is 5.14 Å². The van der Waals surface area contributed by atoms with Gasteiger partial charge in [0.05, 0.1) is 4.90 Å². The molecule has 0 aliphatic rings. The summed E-state index contributed by atoms with van der Waals surface area (Å²) in [6.07, 6.45) is -0.507. The van der Waals surface area contributed by atoms with Crippen LogP contribution in [0.4, 0.5) is 9.18 Å². The molecule has 0 fully saturated rings. The van der Waals surface area contributed by atoms with Crippen LogP contribution in [-0.4, -0.2) is 36.1 Å². The predicted molar refractivity (Wildman–Crippen MR) is 114 cm³/mol. The van der Waals surface area contributed by atoms with Crippen LogP contribution in [0.25, 0.3) is 0 Å². The van der Waals surface area contributed by atoms with Gasteiger partial charge in [0.1, 0.15) is 21.3 Å². The smallest absolute Gasteiger partial charge is 0.410 e. The number of rotatable bonds is 4. The lowest BCUT2D eigenvalue weighted by Crippen LogP contribution is -2.37. The van der Waals surface area contributed by atoms with E-state index in [4.69, 9.17) is 9.88 Å². The topological polar surface area (TPSA) is 85.0 Å². The van der Waals surface area contributed by atoms with Crippen LogP contribution in [0, 0.1) is 5.82 Å². The van der Waals surface area contributed by atoms with E-state index in [1.54, 1.807) is 33.9 Å². The number of nitrogens with zero attached hydrogens (tertiary/aromatic N) is 2. The second-order valence-corrected chi connectivity index (χ2v) is 16.5. The van der Waals surface area contributed by atoms with Crippen LogP contribution in [-0.2, 0) is 21.2 Å². The standard InChI is InChI=1S/C19H34FN3O3SSi/c1-18(2,3)26-17(24)23(7)13-14-10-11-16(15(20)12-14)27(21,25)22-28(8,9)19(4,5)6/h10-12H,13H2,1-9H3,(H2,21,22,25). The number of halogens is 1. The Kier molecular flexibility index (Phi) is 7.13. The monoisotopic (exact) mass is 431 g/mol. The minimum Gasteiger partial charge on any atom is -0.444 e. The molecule has 0 aliphatic carbocycles. The van der Waals surface area contributed by atoms with E-state index in [1.165, 1.54) is 17.0 Å². The van der Waals surface area contributed by atoms with Crippen LogP contribution in [0.2, 0.25) is 18.1 Å². The van der Waals surface area contributed by atoms with Crippen molar-refractivity contribution in [2.45, 2.75) is 76.7 Å². The average Bonchev–Trinajstić information content (AvgIpc) is 2.42. The van der Waals surface area contributed by atoms with Crippen LogP contribution in [0.1, 0.15) is 47.1 Å². The van der Waals surface area contributed by atoms with Gasteiger partial charge in [-0.1, -0.05) is 26.8 Å². The van der Waals surface area contributed by atoms with Gasteiger partial charge in [-0.05, 0) is 56.6 Å². The second kappa shape index (κ2) is 8.12. The van der Waals surface area contributed by atoms with Gasteiger partial charge in [0, 0.05) is 13.6 Å². The quantitative estimate of drug-likeness (QED) is 0.688. The SMILES string of the molecule is CN(Cc1ccc(S(N)(=O)=N[Si](C)(C)C(C)(C)C)c(F)c1)C(=O)OC(C)(C)C. The normalized spacial score (nSPS) is 15.0. The molecule has 1 atom stereocenters. The Labute approximate surface area is 170 Å². The molecule has 160 valence electrons. The van der Waals surface area contributed by atoms with E-state index < -0.39 is 35.7 Å². The lowest BCUT2D eigenvalue weighted by Gasteiger charge is -2.32. The molecular formula is C19H34FN3O3SSi. The Morgan fingerprint density at radius 1 is 1.25 bits per heavy atom. The summed E-state index contributed by atoms with van der Waals surface area (Å²) in [4.78, 5) is 13.3. The molecule has 28 heavy (non-hydrogen) atoms. The highest BCUT2D eigenvalue weighted by Gasteiger charge is 2.37. The molecule has 0 radical (unpaired) electrons. The van der Waals surface area contributed by atoms with E-state index >= 15 is 0 Å². The molecule has 2 N–H and O–H groups in total. The van der Waals surface area contributed by atoms with Crippen molar-refractivity contribution in [2.75, 3.05) is 7.05 Å². The van der Waals surface area contributed by atoms with E-state index in [1.807, 2.05) is 33.9 Å². The first-order chi connectivity index (χ1) is 12.4. The summed E-state index contributed by atoms with van der Waals surface area (Å²) in [5.41, 5.74) is -0.0753. The van der Waals surface area contributed by atoms with Crippen molar-refractivity contribution in [2.24, 2.45) is 9.17 Å². The number of hydrogen-bond acceptors (Lipinski definition) is 4. The molecule has 0 bridgehead atoms. The van der Waals surface area contributed by atoms with Crippen molar-refractivity contribution in [1.29, 1.82) is 0 Å². The highest BCUT2D eigenvalue weighted by molar-refractivity contribution is 7.92. The maximum atomic E-state index is 14.7. The van der Waals surface area contributed by atoms with Crippen molar-refractivity contribution in [3.8, 4) is 0 Å². The van der Waals surface area contributed by atoms with Crippen molar-refractivity contribution in [3.63, 3.8) is 0 Å². The molecule has 1 amide bonds. The Morgan fingerprint density at radius 2 is 1.79 bits per heavy atom. The molecule has 0 saturated heterocycles. The average molecular weight is 432 g/mol. The van der Waals surface area contributed by atoms with Crippen LogP contribution in [0.15, 0.2) is 27.1 Å². The zero-order valence-corrected chi connectivity index (χ0v) is 20.2. The minimum atomic E-state index is -3.36. The van der Waals surface area contributed by atoms with Crippen molar-refractivity contribution >= 4 is 24.2 Å². The van der Waals surface area contributed by atoms with Gasteiger partial charge in [0.25, 0.3) is 0 Å². The number of benzene rings is 1. The molecule has 1 unspecified atom stereocenters. The van der Waals surface area contributed by atoms with E-state index in [9.17, 15) is 13.4 Å². The maximum absolute atomic E-state index is 14.7. The van der Waals surface area contributed by atoms with Gasteiger partial charge in [-0.25, -0.2) is 18.5 Å². The first-order valence-corrected chi connectivity index (χ1v) is 13.7. The van der Waals surface area contributed by atoms with Crippen LogP contribution >= 0.6 is 0 Å². The Balaban J connectivity index is 3.14.